The van der Waals surface area contributed by atoms with Gasteiger partial charge in [0.1, 0.15) is 13.9 Å². The van der Waals surface area contributed by atoms with Gasteiger partial charge in [-0.15, -0.1) is 0 Å². The van der Waals surface area contributed by atoms with Gasteiger partial charge in [-0.05, 0) is 13.0 Å². The lowest BCUT2D eigenvalue weighted by Gasteiger charge is -2.18. The summed E-state index contributed by atoms with van der Waals surface area (Å²) in [7, 11) is -5.35. The number of aryl methyl sites for hydroxylation is 1. The van der Waals surface area contributed by atoms with E-state index in [2.05, 4.69) is 29.6 Å². The van der Waals surface area contributed by atoms with Crippen molar-refractivity contribution in [2.75, 3.05) is 6.26 Å². The van der Waals surface area contributed by atoms with E-state index in [-0.39, 0.29) is 0 Å². The first-order valence-corrected chi connectivity index (χ1v) is 13.1. The van der Waals surface area contributed by atoms with E-state index < -0.39 is 18.1 Å². The molecule has 3 rings (SSSR count). The smallest absolute Gasteiger partial charge is 0.232 e. The van der Waals surface area contributed by atoms with Crippen LogP contribution in [0.2, 0.25) is 19.6 Å². The van der Waals surface area contributed by atoms with Crippen molar-refractivity contribution in [2.24, 2.45) is 0 Å². The third kappa shape index (κ3) is 2.89. The van der Waals surface area contributed by atoms with Crippen LogP contribution in [0, 0.1) is 6.92 Å². The van der Waals surface area contributed by atoms with Crippen molar-refractivity contribution in [2.45, 2.75) is 26.6 Å². The van der Waals surface area contributed by atoms with Gasteiger partial charge in [0.25, 0.3) is 0 Å². The molecule has 0 saturated heterocycles. The number of rotatable bonds is 3. The van der Waals surface area contributed by atoms with E-state index in [1.54, 1.807) is 6.92 Å². The van der Waals surface area contributed by atoms with Crippen molar-refractivity contribution >= 4 is 34.4 Å². The van der Waals surface area contributed by atoms with Crippen LogP contribution < -0.4 is 5.32 Å². The fraction of sp³-hybridized carbons (Fsp3) is 0.294. The van der Waals surface area contributed by atoms with Gasteiger partial charge in [-0.2, -0.15) is 0 Å². The van der Waals surface area contributed by atoms with Crippen LogP contribution in [0.25, 0.3) is 22.3 Å². The van der Waals surface area contributed by atoms with Gasteiger partial charge < -0.3 is 0 Å². The molecule has 7 heteroatoms. The standard InChI is InChI=1S/C17H21N3O2SSi/c1-12-18-16(13-9-7-6-8-10-13)14-11-15(24(3,4)5)20(17(14)19-12)23(2,21)22/h6-11H,1-5H3. The maximum Gasteiger partial charge on any atom is 0.237 e. The summed E-state index contributed by atoms with van der Waals surface area (Å²) in [4.78, 5) is 9.04. The largest absolute Gasteiger partial charge is 0.237 e. The number of hydrogen-bond donors (Lipinski definition) is 0. The van der Waals surface area contributed by atoms with Crippen molar-refractivity contribution in [1.29, 1.82) is 0 Å². The monoisotopic (exact) mass is 359 g/mol. The number of benzene rings is 1. The summed E-state index contributed by atoms with van der Waals surface area (Å²) in [5.74, 6) is 0.562. The average molecular weight is 360 g/mol. The first kappa shape index (κ1) is 16.9. The number of fused-ring (bicyclic) bond motifs is 1. The lowest BCUT2D eigenvalue weighted by atomic mass is 10.1. The molecular weight excluding hydrogens is 338 g/mol. The van der Waals surface area contributed by atoms with Crippen molar-refractivity contribution in [3.63, 3.8) is 0 Å². The topological polar surface area (TPSA) is 64.8 Å². The molecule has 5 nitrogen and oxygen atoms in total. The van der Waals surface area contributed by atoms with Crippen LogP contribution in [0.5, 0.6) is 0 Å². The minimum atomic E-state index is -3.45. The third-order valence-electron chi connectivity index (χ3n) is 3.88. The predicted molar refractivity (Wildman–Crippen MR) is 101 cm³/mol. The molecular formula is C17H21N3O2SSi. The molecule has 24 heavy (non-hydrogen) atoms. The fourth-order valence-corrected chi connectivity index (χ4v) is 6.31. The lowest BCUT2D eigenvalue weighted by molar-refractivity contribution is 0.595. The Labute approximate surface area is 143 Å². The Kier molecular flexibility index (Phi) is 3.88. The molecule has 0 amide bonds. The average Bonchev–Trinajstić information content (AvgIpc) is 2.86. The second-order valence-electron chi connectivity index (χ2n) is 7.03. The van der Waals surface area contributed by atoms with Crippen LogP contribution in [0.4, 0.5) is 0 Å². The highest BCUT2D eigenvalue weighted by Crippen LogP contribution is 2.28. The van der Waals surface area contributed by atoms with Gasteiger partial charge in [-0.25, -0.2) is 22.4 Å². The van der Waals surface area contributed by atoms with Crippen molar-refractivity contribution in [1.82, 2.24) is 13.9 Å². The Bertz CT molecular complexity index is 1020. The van der Waals surface area contributed by atoms with Crippen LogP contribution >= 0.6 is 0 Å². The highest BCUT2D eigenvalue weighted by molar-refractivity contribution is 7.89. The number of nitrogens with zero attached hydrogens (tertiary/aromatic N) is 3. The summed E-state index contributed by atoms with van der Waals surface area (Å²) in [6.45, 7) is 8.18. The molecule has 0 aliphatic carbocycles. The summed E-state index contributed by atoms with van der Waals surface area (Å²) in [6, 6.07) is 11.8. The Morgan fingerprint density at radius 2 is 1.67 bits per heavy atom. The minimum Gasteiger partial charge on any atom is -0.232 e. The van der Waals surface area contributed by atoms with E-state index in [1.807, 2.05) is 36.4 Å². The second-order valence-corrected chi connectivity index (χ2v) is 13.9. The number of hydrogen-bond acceptors (Lipinski definition) is 4. The summed E-state index contributed by atoms with van der Waals surface area (Å²) < 4.78 is 26.3. The van der Waals surface area contributed by atoms with Gasteiger partial charge in [0.2, 0.25) is 10.0 Å². The number of aromatic nitrogens is 3. The molecule has 126 valence electrons. The Hall–Kier alpha value is -1.99. The molecule has 0 bridgehead atoms. The summed E-state index contributed by atoms with van der Waals surface area (Å²) in [6.07, 6.45) is 1.23. The Morgan fingerprint density at radius 1 is 1.04 bits per heavy atom. The molecule has 2 aromatic heterocycles. The molecule has 0 aliphatic heterocycles. The maximum atomic E-state index is 12.5. The maximum absolute atomic E-state index is 12.5. The first-order chi connectivity index (χ1) is 11.1. The van der Waals surface area contributed by atoms with E-state index in [9.17, 15) is 8.42 Å². The van der Waals surface area contributed by atoms with Gasteiger partial charge in [0, 0.05) is 16.3 Å². The van der Waals surface area contributed by atoms with E-state index in [0.29, 0.717) is 11.5 Å². The molecule has 0 aliphatic rings. The second kappa shape index (κ2) is 5.53. The fourth-order valence-electron chi connectivity index (χ4n) is 2.84. The van der Waals surface area contributed by atoms with Crippen LogP contribution in [-0.2, 0) is 10.0 Å². The van der Waals surface area contributed by atoms with Crippen LogP contribution in [0.15, 0.2) is 36.4 Å². The van der Waals surface area contributed by atoms with Crippen molar-refractivity contribution in [3.05, 3.63) is 42.2 Å². The zero-order valence-electron chi connectivity index (χ0n) is 14.5. The first-order valence-electron chi connectivity index (χ1n) is 7.75. The Balaban J connectivity index is 2.49. The third-order valence-corrected chi connectivity index (χ3v) is 6.98. The lowest BCUT2D eigenvalue weighted by Crippen LogP contribution is -2.44. The molecule has 3 aromatic rings. The van der Waals surface area contributed by atoms with Gasteiger partial charge in [0.15, 0.2) is 5.65 Å². The van der Waals surface area contributed by atoms with Crippen LogP contribution in [0.1, 0.15) is 5.82 Å². The van der Waals surface area contributed by atoms with Gasteiger partial charge in [-0.3, -0.25) is 0 Å². The summed E-state index contributed by atoms with van der Waals surface area (Å²) >= 11 is 0. The van der Waals surface area contributed by atoms with Crippen molar-refractivity contribution < 1.29 is 8.42 Å². The molecule has 2 heterocycles. The van der Waals surface area contributed by atoms with E-state index in [0.717, 1.165) is 22.0 Å². The zero-order valence-corrected chi connectivity index (χ0v) is 16.3. The highest BCUT2D eigenvalue weighted by atomic mass is 32.2. The van der Waals surface area contributed by atoms with Crippen molar-refractivity contribution in [3.8, 4) is 11.3 Å². The normalized spacial score (nSPS) is 12.7. The SMILES string of the molecule is Cc1nc(-c2ccccc2)c2cc([Si](C)(C)C)n(S(C)(=O)=O)c2n1. The highest BCUT2D eigenvalue weighted by Gasteiger charge is 2.29. The van der Waals surface area contributed by atoms with Gasteiger partial charge in [0.05, 0.1) is 11.9 Å². The van der Waals surface area contributed by atoms with Gasteiger partial charge in [-0.1, -0.05) is 50.0 Å². The predicted octanol–water partition coefficient (Wildman–Crippen LogP) is 2.76. The molecule has 0 atom stereocenters. The van der Waals surface area contributed by atoms with E-state index >= 15 is 0 Å². The molecule has 0 N–H and O–H groups in total. The molecule has 0 radical (unpaired) electrons. The summed E-state index contributed by atoms with van der Waals surface area (Å²) in [5, 5.41) is 1.63. The minimum absolute atomic E-state index is 0.473. The molecule has 0 saturated carbocycles. The molecule has 0 unspecified atom stereocenters. The zero-order chi connectivity index (χ0) is 17.7. The van der Waals surface area contributed by atoms with E-state index in [1.165, 1.54) is 10.2 Å². The molecule has 1 aromatic carbocycles. The van der Waals surface area contributed by atoms with Gasteiger partial charge >= 0.3 is 0 Å². The molecule has 0 spiro atoms. The molecule has 0 fully saturated rings. The van der Waals surface area contributed by atoms with Crippen LogP contribution in [-0.4, -0.2) is 36.7 Å². The quantitative estimate of drug-likeness (QED) is 0.675. The van der Waals surface area contributed by atoms with Crippen LogP contribution in [0.3, 0.4) is 0 Å². The van der Waals surface area contributed by atoms with E-state index in [4.69, 9.17) is 0 Å². The Morgan fingerprint density at radius 3 is 2.21 bits per heavy atom. The summed E-state index contributed by atoms with van der Waals surface area (Å²) in [5.41, 5.74) is 2.21.